The summed E-state index contributed by atoms with van der Waals surface area (Å²) in [7, 11) is 3.78. The number of aromatic nitrogens is 2. The molecule has 0 aliphatic carbocycles. The van der Waals surface area contributed by atoms with Gasteiger partial charge in [-0.25, -0.2) is 0 Å². The Morgan fingerprint density at radius 3 is 2.95 bits per heavy atom. The van der Waals surface area contributed by atoms with Crippen molar-refractivity contribution >= 4 is 0 Å². The molecular formula is C14H26N4O. The minimum absolute atomic E-state index is 0.365. The predicted octanol–water partition coefficient (Wildman–Crippen LogP) is 0.921. The van der Waals surface area contributed by atoms with Crippen LogP contribution < -0.4 is 5.73 Å². The number of hydrogen-bond donors (Lipinski definition) is 1. The van der Waals surface area contributed by atoms with Crippen LogP contribution in [0.15, 0.2) is 6.20 Å². The zero-order valence-electron chi connectivity index (χ0n) is 12.3. The maximum atomic E-state index is 5.92. The molecular weight excluding hydrogens is 240 g/mol. The maximum Gasteiger partial charge on any atom is 0.0666 e. The number of ether oxygens (including phenoxy) is 1. The predicted molar refractivity (Wildman–Crippen MR) is 75.9 cm³/mol. The Bertz CT molecular complexity index is 404. The van der Waals surface area contributed by atoms with Gasteiger partial charge in [-0.15, -0.1) is 0 Å². The number of methoxy groups -OCH3 is 1. The van der Waals surface area contributed by atoms with Crippen molar-refractivity contribution in [3.63, 3.8) is 0 Å². The van der Waals surface area contributed by atoms with Gasteiger partial charge in [-0.1, -0.05) is 6.92 Å². The standard InChI is InChI=1S/C14H26N4O/c1-4-14-11(9-17(2)16-14)10-18-6-5-13(19-3)7-12(18)8-15/h9,12-13H,4-8,10,15H2,1-3H3. The number of likely N-dealkylation sites (tertiary alicyclic amines) is 1. The van der Waals surface area contributed by atoms with Crippen LogP contribution in [0.2, 0.25) is 0 Å². The van der Waals surface area contributed by atoms with Gasteiger partial charge in [0.25, 0.3) is 0 Å². The van der Waals surface area contributed by atoms with E-state index in [2.05, 4.69) is 23.1 Å². The Labute approximate surface area is 115 Å². The van der Waals surface area contributed by atoms with Crippen molar-refractivity contribution in [3.8, 4) is 0 Å². The largest absolute Gasteiger partial charge is 0.381 e. The number of nitrogens with zero attached hydrogens (tertiary/aromatic N) is 3. The Hall–Kier alpha value is -0.910. The van der Waals surface area contributed by atoms with Gasteiger partial charge in [-0.3, -0.25) is 9.58 Å². The molecule has 108 valence electrons. The number of aryl methyl sites for hydroxylation is 2. The van der Waals surface area contributed by atoms with Gasteiger partial charge >= 0.3 is 0 Å². The molecule has 0 spiro atoms. The van der Waals surface area contributed by atoms with E-state index in [9.17, 15) is 0 Å². The van der Waals surface area contributed by atoms with E-state index in [1.807, 2.05) is 11.7 Å². The molecule has 2 unspecified atom stereocenters. The van der Waals surface area contributed by atoms with Gasteiger partial charge in [0.15, 0.2) is 0 Å². The second-order valence-corrected chi connectivity index (χ2v) is 5.37. The molecule has 2 N–H and O–H groups in total. The summed E-state index contributed by atoms with van der Waals surface area (Å²) in [5, 5.41) is 4.51. The summed E-state index contributed by atoms with van der Waals surface area (Å²) in [6, 6.07) is 0.420. The summed E-state index contributed by atoms with van der Waals surface area (Å²) < 4.78 is 7.38. The van der Waals surface area contributed by atoms with Gasteiger partial charge in [-0.2, -0.15) is 5.10 Å². The van der Waals surface area contributed by atoms with E-state index < -0.39 is 0 Å². The molecule has 1 aromatic heterocycles. The molecule has 2 heterocycles. The fourth-order valence-corrected chi connectivity index (χ4v) is 2.96. The lowest BCUT2D eigenvalue weighted by molar-refractivity contribution is 0.0101. The normalized spacial score (nSPS) is 24.8. The Morgan fingerprint density at radius 1 is 1.53 bits per heavy atom. The molecule has 0 saturated carbocycles. The molecule has 1 saturated heterocycles. The quantitative estimate of drug-likeness (QED) is 0.861. The second-order valence-electron chi connectivity index (χ2n) is 5.37. The highest BCUT2D eigenvalue weighted by Crippen LogP contribution is 2.22. The molecule has 1 fully saturated rings. The van der Waals surface area contributed by atoms with Crippen LogP contribution in [0.1, 0.15) is 31.0 Å². The van der Waals surface area contributed by atoms with Crippen molar-refractivity contribution in [2.24, 2.45) is 12.8 Å². The van der Waals surface area contributed by atoms with Crippen LogP contribution in [-0.4, -0.2) is 47.0 Å². The minimum atomic E-state index is 0.365. The highest BCUT2D eigenvalue weighted by Gasteiger charge is 2.28. The van der Waals surface area contributed by atoms with Crippen LogP contribution in [-0.2, 0) is 24.8 Å². The first-order chi connectivity index (χ1) is 9.17. The Morgan fingerprint density at radius 2 is 2.32 bits per heavy atom. The van der Waals surface area contributed by atoms with E-state index in [1.54, 1.807) is 7.11 Å². The van der Waals surface area contributed by atoms with E-state index in [0.717, 1.165) is 32.4 Å². The number of hydrogen-bond acceptors (Lipinski definition) is 4. The molecule has 1 aliphatic heterocycles. The first-order valence-corrected chi connectivity index (χ1v) is 7.16. The molecule has 1 aromatic rings. The van der Waals surface area contributed by atoms with Gasteiger partial charge < -0.3 is 10.5 Å². The third kappa shape index (κ3) is 3.35. The van der Waals surface area contributed by atoms with Crippen LogP contribution in [0.4, 0.5) is 0 Å². The second kappa shape index (κ2) is 6.50. The van der Waals surface area contributed by atoms with Gasteiger partial charge in [-0.05, 0) is 19.3 Å². The van der Waals surface area contributed by atoms with Crippen molar-refractivity contribution in [1.29, 1.82) is 0 Å². The zero-order valence-corrected chi connectivity index (χ0v) is 12.3. The van der Waals surface area contributed by atoms with Gasteiger partial charge in [0, 0.05) is 51.6 Å². The van der Waals surface area contributed by atoms with Crippen LogP contribution in [0.5, 0.6) is 0 Å². The minimum Gasteiger partial charge on any atom is -0.381 e. The fraction of sp³-hybridized carbons (Fsp3) is 0.786. The average molecular weight is 266 g/mol. The van der Waals surface area contributed by atoms with Crippen molar-refractivity contribution in [3.05, 3.63) is 17.5 Å². The lowest BCUT2D eigenvalue weighted by atomic mass is 9.98. The van der Waals surface area contributed by atoms with E-state index in [1.165, 1.54) is 11.3 Å². The van der Waals surface area contributed by atoms with Crippen molar-refractivity contribution in [1.82, 2.24) is 14.7 Å². The van der Waals surface area contributed by atoms with Crippen LogP contribution in [0.3, 0.4) is 0 Å². The lowest BCUT2D eigenvalue weighted by Crippen LogP contribution is -2.48. The summed E-state index contributed by atoms with van der Waals surface area (Å²) in [6.07, 6.45) is 5.61. The molecule has 0 bridgehead atoms. The Kier molecular flexibility index (Phi) is 4.96. The topological polar surface area (TPSA) is 56.3 Å². The molecule has 0 radical (unpaired) electrons. The fourth-order valence-electron chi connectivity index (χ4n) is 2.96. The van der Waals surface area contributed by atoms with Gasteiger partial charge in [0.1, 0.15) is 0 Å². The molecule has 2 rings (SSSR count). The lowest BCUT2D eigenvalue weighted by Gasteiger charge is -2.38. The van der Waals surface area contributed by atoms with E-state index in [0.29, 0.717) is 18.7 Å². The van der Waals surface area contributed by atoms with E-state index in [-0.39, 0.29) is 0 Å². The summed E-state index contributed by atoms with van der Waals surface area (Å²) in [5.74, 6) is 0. The first-order valence-electron chi connectivity index (χ1n) is 7.16. The third-order valence-electron chi connectivity index (χ3n) is 4.10. The smallest absolute Gasteiger partial charge is 0.0666 e. The van der Waals surface area contributed by atoms with Crippen LogP contribution in [0.25, 0.3) is 0 Å². The van der Waals surface area contributed by atoms with Crippen molar-refractivity contribution < 1.29 is 4.74 Å². The third-order valence-corrected chi connectivity index (χ3v) is 4.10. The summed E-state index contributed by atoms with van der Waals surface area (Å²) >= 11 is 0. The van der Waals surface area contributed by atoms with Crippen LogP contribution in [0, 0.1) is 0 Å². The van der Waals surface area contributed by atoms with Gasteiger partial charge in [0.05, 0.1) is 11.8 Å². The number of nitrogens with two attached hydrogens (primary N) is 1. The monoisotopic (exact) mass is 266 g/mol. The molecule has 2 atom stereocenters. The summed E-state index contributed by atoms with van der Waals surface area (Å²) in [5.41, 5.74) is 8.46. The van der Waals surface area contributed by atoms with E-state index >= 15 is 0 Å². The Balaban J connectivity index is 2.05. The molecule has 0 amide bonds. The SMILES string of the molecule is CCc1nn(C)cc1CN1CCC(OC)CC1CN. The molecule has 19 heavy (non-hydrogen) atoms. The highest BCUT2D eigenvalue weighted by molar-refractivity contribution is 5.17. The first kappa shape index (κ1) is 14.5. The maximum absolute atomic E-state index is 5.92. The number of rotatable bonds is 5. The van der Waals surface area contributed by atoms with Gasteiger partial charge in [0.2, 0.25) is 0 Å². The molecule has 1 aliphatic rings. The zero-order chi connectivity index (χ0) is 13.8. The van der Waals surface area contributed by atoms with Crippen molar-refractivity contribution in [2.45, 2.75) is 44.9 Å². The molecule has 0 aromatic carbocycles. The number of piperidine rings is 1. The molecule has 5 heteroatoms. The van der Waals surface area contributed by atoms with E-state index in [4.69, 9.17) is 10.5 Å². The van der Waals surface area contributed by atoms with Crippen molar-refractivity contribution in [2.75, 3.05) is 20.2 Å². The summed E-state index contributed by atoms with van der Waals surface area (Å²) in [6.45, 7) is 4.86. The average Bonchev–Trinajstić information content (AvgIpc) is 2.79. The summed E-state index contributed by atoms with van der Waals surface area (Å²) in [4.78, 5) is 2.48. The van der Waals surface area contributed by atoms with Crippen LogP contribution >= 0.6 is 0 Å². The highest BCUT2D eigenvalue weighted by atomic mass is 16.5. The molecule has 5 nitrogen and oxygen atoms in total.